The van der Waals surface area contributed by atoms with Crippen molar-refractivity contribution < 1.29 is 14.4 Å². The number of amides is 2. The molecule has 0 saturated carbocycles. The summed E-state index contributed by atoms with van der Waals surface area (Å²) in [7, 11) is 0. The number of allylic oxidation sites excluding steroid dienone is 1. The average Bonchev–Trinajstić information content (AvgIpc) is 3.18. The fourth-order valence-corrected chi connectivity index (χ4v) is 4.80. The van der Waals surface area contributed by atoms with Crippen molar-refractivity contribution >= 4 is 34.1 Å². The molecule has 7 nitrogen and oxygen atoms in total. The SMILES string of the molecule is O=C(Nc1nc2c(s1)C(=O)CC(C(=O)NCCC1=CCCCC1)C2)c1ccncc1. The maximum atomic E-state index is 12.6. The monoisotopic (exact) mass is 424 g/mol. The zero-order chi connectivity index (χ0) is 20.9. The lowest BCUT2D eigenvalue weighted by Crippen LogP contribution is -2.36. The van der Waals surface area contributed by atoms with Crippen molar-refractivity contribution in [2.45, 2.75) is 44.9 Å². The molecule has 0 aliphatic heterocycles. The predicted molar refractivity (Wildman–Crippen MR) is 115 cm³/mol. The van der Waals surface area contributed by atoms with Crippen molar-refractivity contribution in [1.82, 2.24) is 15.3 Å². The van der Waals surface area contributed by atoms with Crippen LogP contribution in [0.5, 0.6) is 0 Å². The molecule has 4 rings (SSSR count). The second kappa shape index (κ2) is 9.30. The maximum absolute atomic E-state index is 12.6. The van der Waals surface area contributed by atoms with Crippen LogP contribution in [0.15, 0.2) is 36.2 Å². The number of rotatable bonds is 6. The van der Waals surface area contributed by atoms with Crippen LogP contribution in [0.2, 0.25) is 0 Å². The molecule has 2 heterocycles. The number of Topliss-reactive ketones (excluding diaryl/α,β-unsaturated/α-hetero) is 1. The Balaban J connectivity index is 1.35. The number of fused-ring (bicyclic) bond motifs is 1. The van der Waals surface area contributed by atoms with Gasteiger partial charge >= 0.3 is 0 Å². The van der Waals surface area contributed by atoms with Crippen LogP contribution in [0.4, 0.5) is 5.13 Å². The summed E-state index contributed by atoms with van der Waals surface area (Å²) in [5.41, 5.74) is 2.48. The van der Waals surface area contributed by atoms with Gasteiger partial charge in [0, 0.05) is 37.3 Å². The maximum Gasteiger partial charge on any atom is 0.257 e. The van der Waals surface area contributed by atoms with Crippen LogP contribution < -0.4 is 10.6 Å². The fourth-order valence-electron chi connectivity index (χ4n) is 3.86. The summed E-state index contributed by atoms with van der Waals surface area (Å²) in [6.45, 7) is 0.604. The highest BCUT2D eigenvalue weighted by Gasteiger charge is 2.33. The third kappa shape index (κ3) is 4.81. The number of aromatic nitrogens is 2. The molecule has 156 valence electrons. The zero-order valence-corrected chi connectivity index (χ0v) is 17.5. The van der Waals surface area contributed by atoms with E-state index < -0.39 is 5.92 Å². The van der Waals surface area contributed by atoms with E-state index in [1.807, 2.05) is 0 Å². The Morgan fingerprint density at radius 3 is 2.77 bits per heavy atom. The molecule has 8 heteroatoms. The summed E-state index contributed by atoms with van der Waals surface area (Å²) in [4.78, 5) is 46.3. The lowest BCUT2D eigenvalue weighted by atomic mass is 9.89. The number of hydrogen-bond donors (Lipinski definition) is 2. The standard InChI is InChI=1S/C22H24N4O3S/c27-18-13-16(20(28)24-11-6-14-4-2-1-3-5-14)12-17-19(18)30-22(25-17)26-21(29)15-7-9-23-10-8-15/h4,7-10,16H,1-3,5-6,11-13H2,(H,24,28)(H,25,26,29). The van der Waals surface area contributed by atoms with E-state index in [9.17, 15) is 14.4 Å². The van der Waals surface area contributed by atoms with Gasteiger partial charge < -0.3 is 5.32 Å². The Hall–Kier alpha value is -2.87. The summed E-state index contributed by atoms with van der Waals surface area (Å²) >= 11 is 1.17. The van der Waals surface area contributed by atoms with Gasteiger partial charge in [0.2, 0.25) is 5.91 Å². The Morgan fingerprint density at radius 2 is 2.00 bits per heavy atom. The van der Waals surface area contributed by atoms with Gasteiger partial charge in [-0.1, -0.05) is 23.0 Å². The van der Waals surface area contributed by atoms with Gasteiger partial charge in [-0.25, -0.2) is 4.98 Å². The van der Waals surface area contributed by atoms with Crippen LogP contribution in [0.1, 0.15) is 64.2 Å². The molecule has 30 heavy (non-hydrogen) atoms. The topological polar surface area (TPSA) is 101 Å². The van der Waals surface area contributed by atoms with Crippen molar-refractivity contribution in [2.75, 3.05) is 11.9 Å². The van der Waals surface area contributed by atoms with Crippen LogP contribution in [-0.4, -0.2) is 34.1 Å². The Kier molecular flexibility index (Phi) is 6.32. The highest BCUT2D eigenvalue weighted by atomic mass is 32.1. The number of carbonyl (C=O) groups is 3. The number of carbonyl (C=O) groups excluding carboxylic acids is 3. The fraction of sp³-hybridized carbons (Fsp3) is 0.409. The minimum atomic E-state index is -0.406. The Morgan fingerprint density at radius 1 is 1.17 bits per heavy atom. The van der Waals surface area contributed by atoms with Crippen molar-refractivity contribution in [3.05, 3.63) is 52.3 Å². The molecule has 0 aromatic carbocycles. The molecule has 0 spiro atoms. The van der Waals surface area contributed by atoms with E-state index in [4.69, 9.17) is 0 Å². The summed E-state index contributed by atoms with van der Waals surface area (Å²) in [6.07, 6.45) is 11.6. The van der Waals surface area contributed by atoms with E-state index in [2.05, 4.69) is 26.7 Å². The van der Waals surface area contributed by atoms with Crippen LogP contribution in [-0.2, 0) is 11.2 Å². The number of pyridine rings is 1. The molecule has 2 N–H and O–H groups in total. The number of hydrogen-bond acceptors (Lipinski definition) is 6. The first-order valence-corrected chi connectivity index (χ1v) is 11.1. The third-order valence-electron chi connectivity index (χ3n) is 5.49. The first-order chi connectivity index (χ1) is 14.6. The van der Waals surface area contributed by atoms with Gasteiger partial charge in [0.05, 0.1) is 16.5 Å². The number of nitrogens with zero attached hydrogens (tertiary/aromatic N) is 2. The highest BCUT2D eigenvalue weighted by molar-refractivity contribution is 7.17. The van der Waals surface area contributed by atoms with Gasteiger partial charge in [-0.15, -0.1) is 0 Å². The first-order valence-electron chi connectivity index (χ1n) is 10.3. The molecule has 2 aliphatic rings. The summed E-state index contributed by atoms with van der Waals surface area (Å²) < 4.78 is 0. The smallest absolute Gasteiger partial charge is 0.257 e. The van der Waals surface area contributed by atoms with E-state index in [1.165, 1.54) is 29.8 Å². The minimum absolute atomic E-state index is 0.0895. The zero-order valence-electron chi connectivity index (χ0n) is 16.6. The summed E-state index contributed by atoms with van der Waals surface area (Å²) in [5.74, 6) is -0.896. The largest absolute Gasteiger partial charge is 0.356 e. The lowest BCUT2D eigenvalue weighted by Gasteiger charge is -2.20. The van der Waals surface area contributed by atoms with Crippen LogP contribution in [0.3, 0.4) is 0 Å². The Labute approximate surface area is 179 Å². The van der Waals surface area contributed by atoms with E-state index in [0.717, 1.165) is 19.3 Å². The van der Waals surface area contributed by atoms with Crippen LogP contribution >= 0.6 is 11.3 Å². The van der Waals surface area contributed by atoms with E-state index >= 15 is 0 Å². The molecule has 0 fully saturated rings. The van der Waals surface area contributed by atoms with Crippen LogP contribution in [0.25, 0.3) is 0 Å². The second-order valence-corrected chi connectivity index (χ2v) is 8.66. The molecular weight excluding hydrogens is 400 g/mol. The first kappa shape index (κ1) is 20.4. The molecule has 2 aromatic heterocycles. The quantitative estimate of drug-likeness (QED) is 0.691. The number of anilines is 1. The summed E-state index contributed by atoms with van der Waals surface area (Å²) in [5, 5.41) is 6.09. The molecule has 2 aromatic rings. The van der Waals surface area contributed by atoms with Gasteiger partial charge in [0.15, 0.2) is 10.9 Å². The van der Waals surface area contributed by atoms with E-state index in [-0.39, 0.29) is 24.0 Å². The van der Waals surface area contributed by atoms with Gasteiger partial charge in [-0.2, -0.15) is 0 Å². The number of nitrogens with one attached hydrogen (secondary N) is 2. The molecule has 1 unspecified atom stereocenters. The van der Waals surface area contributed by atoms with E-state index in [0.29, 0.717) is 34.2 Å². The summed E-state index contributed by atoms with van der Waals surface area (Å²) in [6, 6.07) is 3.22. The second-order valence-electron chi connectivity index (χ2n) is 7.66. The molecule has 1 atom stereocenters. The van der Waals surface area contributed by atoms with Crippen LogP contribution in [0, 0.1) is 5.92 Å². The molecule has 2 amide bonds. The van der Waals surface area contributed by atoms with Crippen molar-refractivity contribution in [3.8, 4) is 0 Å². The van der Waals surface area contributed by atoms with Gasteiger partial charge in [-0.05, 0) is 44.2 Å². The molecule has 2 aliphatic carbocycles. The van der Waals surface area contributed by atoms with Crippen molar-refractivity contribution in [2.24, 2.45) is 5.92 Å². The normalized spacial score (nSPS) is 18.3. The van der Waals surface area contributed by atoms with Gasteiger partial charge in [0.25, 0.3) is 5.91 Å². The van der Waals surface area contributed by atoms with Gasteiger partial charge in [-0.3, -0.25) is 24.7 Å². The number of ketones is 1. The van der Waals surface area contributed by atoms with E-state index in [1.54, 1.807) is 24.5 Å². The molecule has 0 radical (unpaired) electrons. The molecular formula is C22H24N4O3S. The Bertz CT molecular complexity index is 984. The third-order valence-corrected chi connectivity index (χ3v) is 6.54. The predicted octanol–water partition coefficient (Wildman–Crippen LogP) is 3.54. The van der Waals surface area contributed by atoms with Crippen molar-refractivity contribution in [1.29, 1.82) is 0 Å². The highest BCUT2D eigenvalue weighted by Crippen LogP contribution is 2.32. The van der Waals surface area contributed by atoms with Crippen molar-refractivity contribution in [3.63, 3.8) is 0 Å². The minimum Gasteiger partial charge on any atom is -0.356 e. The average molecular weight is 425 g/mol. The molecule has 0 bridgehead atoms. The lowest BCUT2D eigenvalue weighted by molar-refractivity contribution is -0.125. The molecule has 0 saturated heterocycles. The number of thiazole rings is 1. The van der Waals surface area contributed by atoms with Gasteiger partial charge in [0.1, 0.15) is 0 Å².